The Morgan fingerprint density at radius 3 is 2.61 bits per heavy atom. The second-order valence-electron chi connectivity index (χ2n) is 6.83. The molecular weight excluding hydrogens is 365 g/mol. The maximum absolute atomic E-state index is 13.9. The van der Waals surface area contributed by atoms with Crippen LogP contribution in [0.3, 0.4) is 0 Å². The van der Waals surface area contributed by atoms with E-state index >= 15 is 0 Å². The number of hydrogen-bond donors (Lipinski definition) is 0. The van der Waals surface area contributed by atoms with E-state index in [0.29, 0.717) is 48.7 Å². The van der Waals surface area contributed by atoms with E-state index < -0.39 is 5.56 Å². The Kier molecular flexibility index (Phi) is 4.58. The van der Waals surface area contributed by atoms with Crippen molar-refractivity contribution in [3.05, 3.63) is 51.9 Å². The molecule has 146 valence electrons. The number of piperazine rings is 1. The molecule has 0 N–H and O–H groups in total. The SMILES string of the molecule is Cc1nn(CC(=O)N2CCN(c3ccccc3F)CC2)c(=O)c2noc(C)c12. The second kappa shape index (κ2) is 7.06. The number of aryl methyl sites for hydroxylation is 2. The van der Waals surface area contributed by atoms with E-state index in [4.69, 9.17) is 4.52 Å². The van der Waals surface area contributed by atoms with Crippen molar-refractivity contribution in [2.45, 2.75) is 20.4 Å². The first kappa shape index (κ1) is 18.1. The van der Waals surface area contributed by atoms with Crippen molar-refractivity contribution in [3.63, 3.8) is 0 Å². The fourth-order valence-corrected chi connectivity index (χ4v) is 3.58. The molecule has 0 radical (unpaired) electrons. The van der Waals surface area contributed by atoms with Crippen LogP contribution in [0, 0.1) is 19.7 Å². The molecule has 28 heavy (non-hydrogen) atoms. The Morgan fingerprint density at radius 1 is 1.18 bits per heavy atom. The quantitative estimate of drug-likeness (QED) is 0.679. The first-order chi connectivity index (χ1) is 13.5. The number of nitrogens with zero attached hydrogens (tertiary/aromatic N) is 5. The van der Waals surface area contributed by atoms with Crippen LogP contribution in [0.4, 0.5) is 10.1 Å². The maximum Gasteiger partial charge on any atom is 0.297 e. The third-order valence-electron chi connectivity index (χ3n) is 5.04. The molecule has 3 heterocycles. The number of carbonyl (C=O) groups is 1. The topological polar surface area (TPSA) is 84.5 Å². The summed E-state index contributed by atoms with van der Waals surface area (Å²) in [5.41, 5.74) is 0.860. The monoisotopic (exact) mass is 385 g/mol. The number of aromatic nitrogens is 3. The molecule has 1 aliphatic rings. The van der Waals surface area contributed by atoms with Gasteiger partial charge in [0.25, 0.3) is 5.56 Å². The molecule has 0 unspecified atom stereocenters. The molecule has 1 aromatic carbocycles. The molecule has 8 nitrogen and oxygen atoms in total. The Labute approximate surface area is 160 Å². The molecule has 0 aliphatic carbocycles. The third kappa shape index (κ3) is 3.12. The first-order valence-electron chi connectivity index (χ1n) is 9.06. The minimum absolute atomic E-state index is 0.165. The lowest BCUT2D eigenvalue weighted by atomic mass is 10.2. The number of carbonyl (C=O) groups excluding carboxylic acids is 1. The molecule has 9 heteroatoms. The Bertz CT molecular complexity index is 1100. The van der Waals surface area contributed by atoms with Gasteiger partial charge in [-0.25, -0.2) is 9.07 Å². The van der Waals surface area contributed by atoms with Crippen molar-refractivity contribution in [1.82, 2.24) is 19.8 Å². The van der Waals surface area contributed by atoms with Gasteiger partial charge in [-0.05, 0) is 26.0 Å². The van der Waals surface area contributed by atoms with Crippen LogP contribution in [0.5, 0.6) is 0 Å². The fraction of sp³-hybridized carbons (Fsp3) is 0.368. The van der Waals surface area contributed by atoms with Crippen molar-refractivity contribution in [2.24, 2.45) is 0 Å². The van der Waals surface area contributed by atoms with Crippen molar-refractivity contribution in [2.75, 3.05) is 31.1 Å². The average Bonchev–Trinajstić information content (AvgIpc) is 3.09. The summed E-state index contributed by atoms with van der Waals surface area (Å²) in [6.45, 7) is 5.25. The zero-order chi connectivity index (χ0) is 19.8. The van der Waals surface area contributed by atoms with Gasteiger partial charge in [0.1, 0.15) is 18.1 Å². The molecule has 0 bridgehead atoms. The lowest BCUT2D eigenvalue weighted by molar-refractivity contribution is -0.132. The summed E-state index contributed by atoms with van der Waals surface area (Å²) in [7, 11) is 0. The number of benzene rings is 1. The van der Waals surface area contributed by atoms with Gasteiger partial charge < -0.3 is 14.3 Å². The van der Waals surface area contributed by atoms with Crippen molar-refractivity contribution >= 4 is 22.5 Å². The van der Waals surface area contributed by atoms with E-state index in [1.165, 1.54) is 6.07 Å². The van der Waals surface area contributed by atoms with E-state index in [9.17, 15) is 14.0 Å². The van der Waals surface area contributed by atoms with Crippen LogP contribution in [0.25, 0.3) is 10.9 Å². The molecule has 0 saturated carbocycles. The molecule has 1 fully saturated rings. The van der Waals surface area contributed by atoms with E-state index in [2.05, 4.69) is 10.3 Å². The van der Waals surface area contributed by atoms with Gasteiger partial charge in [-0.15, -0.1) is 0 Å². The van der Waals surface area contributed by atoms with Gasteiger partial charge in [-0.1, -0.05) is 17.3 Å². The third-order valence-corrected chi connectivity index (χ3v) is 5.04. The van der Waals surface area contributed by atoms with Gasteiger partial charge in [0.2, 0.25) is 5.91 Å². The number of amides is 1. The molecule has 1 amide bonds. The summed E-state index contributed by atoms with van der Waals surface area (Å²) >= 11 is 0. The zero-order valence-electron chi connectivity index (χ0n) is 15.7. The normalized spacial score (nSPS) is 14.7. The molecule has 1 saturated heterocycles. The van der Waals surface area contributed by atoms with Crippen molar-refractivity contribution < 1.29 is 13.7 Å². The smallest absolute Gasteiger partial charge is 0.297 e. The summed E-state index contributed by atoms with van der Waals surface area (Å²) in [4.78, 5) is 28.8. The number of para-hydroxylation sites is 1. The molecule has 0 spiro atoms. The van der Waals surface area contributed by atoms with Crippen LogP contribution >= 0.6 is 0 Å². The number of rotatable bonds is 3. The highest BCUT2D eigenvalue weighted by Gasteiger charge is 2.24. The summed E-state index contributed by atoms with van der Waals surface area (Å²) < 4.78 is 20.2. The first-order valence-corrected chi connectivity index (χ1v) is 9.06. The Balaban J connectivity index is 1.47. The minimum Gasteiger partial charge on any atom is -0.366 e. The van der Waals surface area contributed by atoms with Gasteiger partial charge in [0, 0.05) is 26.2 Å². The molecule has 0 atom stereocenters. The predicted molar refractivity (Wildman–Crippen MR) is 101 cm³/mol. The average molecular weight is 385 g/mol. The van der Waals surface area contributed by atoms with E-state index in [0.717, 1.165) is 4.68 Å². The van der Waals surface area contributed by atoms with Crippen molar-refractivity contribution in [3.8, 4) is 0 Å². The zero-order valence-corrected chi connectivity index (χ0v) is 15.7. The number of anilines is 1. The lowest BCUT2D eigenvalue weighted by Crippen LogP contribution is -2.50. The fourth-order valence-electron chi connectivity index (χ4n) is 3.58. The highest BCUT2D eigenvalue weighted by Crippen LogP contribution is 2.20. The number of fused-ring (bicyclic) bond motifs is 1. The van der Waals surface area contributed by atoms with Gasteiger partial charge in [-0.3, -0.25) is 9.59 Å². The van der Waals surface area contributed by atoms with Crippen LogP contribution in [-0.4, -0.2) is 51.9 Å². The van der Waals surface area contributed by atoms with Crippen LogP contribution in [0.2, 0.25) is 0 Å². The predicted octanol–water partition coefficient (Wildman–Crippen LogP) is 1.49. The molecule has 2 aromatic heterocycles. The second-order valence-corrected chi connectivity index (χ2v) is 6.83. The van der Waals surface area contributed by atoms with Gasteiger partial charge in [-0.2, -0.15) is 5.10 Å². The highest BCUT2D eigenvalue weighted by molar-refractivity contribution is 5.82. The highest BCUT2D eigenvalue weighted by atomic mass is 19.1. The molecular formula is C19H20FN5O3. The van der Waals surface area contributed by atoms with Crippen LogP contribution in [0.15, 0.2) is 33.6 Å². The Hall–Kier alpha value is -3.23. The largest absolute Gasteiger partial charge is 0.366 e. The van der Waals surface area contributed by atoms with Gasteiger partial charge in [0.15, 0.2) is 5.52 Å². The molecule has 3 aromatic rings. The number of hydrogen-bond acceptors (Lipinski definition) is 6. The van der Waals surface area contributed by atoms with Gasteiger partial charge in [0.05, 0.1) is 16.8 Å². The summed E-state index contributed by atoms with van der Waals surface area (Å²) in [5, 5.41) is 8.62. The molecule has 4 rings (SSSR count). The van der Waals surface area contributed by atoms with Crippen molar-refractivity contribution in [1.29, 1.82) is 0 Å². The van der Waals surface area contributed by atoms with Crippen LogP contribution < -0.4 is 10.5 Å². The van der Waals surface area contributed by atoms with E-state index in [1.807, 2.05) is 4.90 Å². The summed E-state index contributed by atoms with van der Waals surface area (Å²) in [6.07, 6.45) is 0. The maximum atomic E-state index is 13.9. The van der Waals surface area contributed by atoms with Crippen LogP contribution in [-0.2, 0) is 11.3 Å². The standard InChI is InChI=1S/C19H20FN5O3/c1-12-17-13(2)28-22-18(17)19(27)25(21-12)11-16(26)24-9-7-23(8-10-24)15-6-4-3-5-14(15)20/h3-6H,7-11H2,1-2H3. The minimum atomic E-state index is -0.448. The lowest BCUT2D eigenvalue weighted by Gasteiger charge is -2.36. The summed E-state index contributed by atoms with van der Waals surface area (Å²) in [6, 6.07) is 6.60. The Morgan fingerprint density at radius 2 is 1.89 bits per heavy atom. The van der Waals surface area contributed by atoms with E-state index in [1.54, 1.807) is 36.9 Å². The summed E-state index contributed by atoms with van der Waals surface area (Å²) in [5.74, 6) is 0.0475. The van der Waals surface area contributed by atoms with E-state index in [-0.39, 0.29) is 23.8 Å². The molecule has 1 aliphatic heterocycles. The number of halogens is 1. The van der Waals surface area contributed by atoms with Crippen LogP contribution in [0.1, 0.15) is 11.5 Å². The van der Waals surface area contributed by atoms with Gasteiger partial charge >= 0.3 is 0 Å².